The molecule has 1 fully saturated rings. The van der Waals surface area contributed by atoms with E-state index in [-0.39, 0.29) is 10.6 Å². The van der Waals surface area contributed by atoms with E-state index in [1.165, 1.54) is 12.1 Å². The Hall–Kier alpha value is -1.42. The molecule has 0 amide bonds. The van der Waals surface area contributed by atoms with Crippen LogP contribution in [-0.4, -0.2) is 18.1 Å². The quantitative estimate of drug-likeness (QED) is 0.513. The zero-order valence-corrected chi connectivity index (χ0v) is 6.97. The van der Waals surface area contributed by atoms with Gasteiger partial charge in [0.05, 0.1) is 18.1 Å². The molecule has 0 radical (unpaired) electrons. The molecule has 4 nitrogen and oxygen atoms in total. The molecule has 0 unspecified atom stereocenters. The fraction of sp³-hybridized carbons (Fsp3) is 0.333. The van der Waals surface area contributed by atoms with Gasteiger partial charge in [0.15, 0.2) is 0 Å². The molecular weight excluding hydrogens is 170 g/mol. The predicted molar refractivity (Wildman–Crippen MR) is 46.7 cm³/mol. The third-order valence-electron chi connectivity index (χ3n) is 2.21. The summed E-state index contributed by atoms with van der Waals surface area (Å²) in [5.74, 6) is 0.431. The molecule has 13 heavy (non-hydrogen) atoms. The number of nitrogens with zero attached hydrogens (tertiary/aromatic N) is 1. The van der Waals surface area contributed by atoms with Gasteiger partial charge < -0.3 is 4.74 Å². The first-order chi connectivity index (χ1) is 6.27. The van der Waals surface area contributed by atoms with Gasteiger partial charge in [-0.05, 0) is 5.56 Å². The number of nitro groups is 1. The standard InChI is InChI=1S/C9H9NO3/c11-10(12)9-3-1-7(2-4-9)8-5-13-6-8/h1-4,8H,5-6H2. The topological polar surface area (TPSA) is 52.4 Å². The first-order valence-corrected chi connectivity index (χ1v) is 4.09. The largest absolute Gasteiger partial charge is 0.380 e. The molecule has 1 aliphatic heterocycles. The van der Waals surface area contributed by atoms with E-state index in [0.29, 0.717) is 5.92 Å². The average molecular weight is 179 g/mol. The van der Waals surface area contributed by atoms with Gasteiger partial charge in [0, 0.05) is 18.1 Å². The van der Waals surface area contributed by atoms with E-state index < -0.39 is 0 Å². The lowest BCUT2D eigenvalue weighted by molar-refractivity contribution is -0.384. The van der Waals surface area contributed by atoms with E-state index in [0.717, 1.165) is 18.8 Å². The van der Waals surface area contributed by atoms with Crippen molar-refractivity contribution in [2.45, 2.75) is 5.92 Å². The van der Waals surface area contributed by atoms with Gasteiger partial charge in [-0.25, -0.2) is 0 Å². The lowest BCUT2D eigenvalue weighted by Gasteiger charge is -2.25. The van der Waals surface area contributed by atoms with E-state index >= 15 is 0 Å². The predicted octanol–water partition coefficient (Wildman–Crippen LogP) is 1.71. The minimum absolute atomic E-state index is 0.143. The molecule has 1 aromatic rings. The summed E-state index contributed by atoms with van der Waals surface area (Å²) in [6.45, 7) is 1.47. The van der Waals surface area contributed by atoms with Crippen molar-refractivity contribution in [1.82, 2.24) is 0 Å². The Morgan fingerprint density at radius 2 is 1.92 bits per heavy atom. The highest BCUT2D eigenvalue weighted by Gasteiger charge is 2.20. The normalized spacial score (nSPS) is 16.6. The molecule has 0 bridgehead atoms. The highest BCUT2D eigenvalue weighted by molar-refractivity contribution is 5.34. The molecule has 4 heteroatoms. The SMILES string of the molecule is O=[N+]([O-])c1ccc(C2COC2)cc1. The molecular formula is C9H9NO3. The monoisotopic (exact) mass is 179 g/mol. The first-order valence-electron chi connectivity index (χ1n) is 4.09. The fourth-order valence-corrected chi connectivity index (χ4v) is 1.30. The van der Waals surface area contributed by atoms with Gasteiger partial charge in [-0.2, -0.15) is 0 Å². The van der Waals surface area contributed by atoms with Crippen LogP contribution < -0.4 is 0 Å². The Morgan fingerprint density at radius 3 is 2.31 bits per heavy atom. The number of nitro benzene ring substituents is 1. The number of hydrogen-bond acceptors (Lipinski definition) is 3. The number of rotatable bonds is 2. The van der Waals surface area contributed by atoms with Gasteiger partial charge in [0.2, 0.25) is 0 Å². The summed E-state index contributed by atoms with van der Waals surface area (Å²) in [5.41, 5.74) is 1.26. The highest BCUT2D eigenvalue weighted by Crippen LogP contribution is 2.25. The van der Waals surface area contributed by atoms with Gasteiger partial charge in [-0.1, -0.05) is 12.1 Å². The fourth-order valence-electron chi connectivity index (χ4n) is 1.30. The Kier molecular flexibility index (Phi) is 1.98. The van der Waals surface area contributed by atoms with Crippen LogP contribution in [0.2, 0.25) is 0 Å². The zero-order chi connectivity index (χ0) is 9.26. The van der Waals surface area contributed by atoms with Gasteiger partial charge in [-0.3, -0.25) is 10.1 Å². The molecule has 1 heterocycles. The maximum Gasteiger partial charge on any atom is 0.269 e. The summed E-state index contributed by atoms with van der Waals surface area (Å²) in [5, 5.41) is 10.3. The van der Waals surface area contributed by atoms with Crippen molar-refractivity contribution < 1.29 is 9.66 Å². The molecule has 1 saturated heterocycles. The molecule has 0 N–H and O–H groups in total. The van der Waals surface area contributed by atoms with Crippen LogP contribution in [0.25, 0.3) is 0 Å². The summed E-state index contributed by atoms with van der Waals surface area (Å²) in [4.78, 5) is 9.96. The van der Waals surface area contributed by atoms with Gasteiger partial charge in [-0.15, -0.1) is 0 Å². The van der Waals surface area contributed by atoms with Crippen LogP contribution in [0.4, 0.5) is 5.69 Å². The molecule has 0 saturated carbocycles. The second-order valence-electron chi connectivity index (χ2n) is 3.08. The van der Waals surface area contributed by atoms with Crippen LogP contribution in [0.3, 0.4) is 0 Å². The van der Waals surface area contributed by atoms with Crippen molar-refractivity contribution in [1.29, 1.82) is 0 Å². The van der Waals surface area contributed by atoms with Crippen molar-refractivity contribution in [3.8, 4) is 0 Å². The van der Waals surface area contributed by atoms with Gasteiger partial charge in [0.1, 0.15) is 0 Å². The molecule has 1 aliphatic rings. The Balaban J connectivity index is 2.17. The van der Waals surface area contributed by atoms with E-state index in [9.17, 15) is 10.1 Å². The van der Waals surface area contributed by atoms with E-state index in [4.69, 9.17) is 4.74 Å². The summed E-state index contributed by atoms with van der Waals surface area (Å²) >= 11 is 0. The van der Waals surface area contributed by atoms with Crippen LogP contribution in [0.1, 0.15) is 11.5 Å². The number of hydrogen-bond donors (Lipinski definition) is 0. The van der Waals surface area contributed by atoms with Crippen LogP contribution in [0.15, 0.2) is 24.3 Å². The summed E-state index contributed by atoms with van der Waals surface area (Å²) < 4.78 is 5.03. The number of ether oxygens (including phenoxy) is 1. The molecule has 0 atom stereocenters. The van der Waals surface area contributed by atoms with Crippen molar-refractivity contribution >= 4 is 5.69 Å². The minimum atomic E-state index is -0.388. The number of benzene rings is 1. The van der Waals surface area contributed by atoms with Crippen molar-refractivity contribution in [2.24, 2.45) is 0 Å². The van der Waals surface area contributed by atoms with E-state index in [1.54, 1.807) is 12.1 Å². The Bertz CT molecular complexity index is 316. The smallest absolute Gasteiger partial charge is 0.269 e. The first kappa shape index (κ1) is 8.19. The molecule has 2 rings (SSSR count). The Labute approximate surface area is 75.3 Å². The average Bonchev–Trinajstić information content (AvgIpc) is 2.02. The Morgan fingerprint density at radius 1 is 1.31 bits per heavy atom. The highest BCUT2D eigenvalue weighted by atomic mass is 16.6. The minimum Gasteiger partial charge on any atom is -0.380 e. The van der Waals surface area contributed by atoms with Gasteiger partial charge in [0.25, 0.3) is 5.69 Å². The second kappa shape index (κ2) is 3.14. The van der Waals surface area contributed by atoms with Gasteiger partial charge >= 0.3 is 0 Å². The van der Waals surface area contributed by atoms with Crippen LogP contribution in [-0.2, 0) is 4.74 Å². The maximum absolute atomic E-state index is 10.3. The summed E-state index contributed by atoms with van der Waals surface area (Å²) in [7, 11) is 0. The summed E-state index contributed by atoms with van der Waals surface area (Å²) in [6.07, 6.45) is 0. The lowest BCUT2D eigenvalue weighted by Crippen LogP contribution is -2.24. The molecule has 0 spiro atoms. The third kappa shape index (κ3) is 1.53. The maximum atomic E-state index is 10.3. The lowest BCUT2D eigenvalue weighted by atomic mass is 9.98. The number of non-ortho nitro benzene ring substituents is 1. The van der Waals surface area contributed by atoms with Crippen LogP contribution in [0, 0.1) is 10.1 Å². The van der Waals surface area contributed by atoms with E-state index in [1.807, 2.05) is 0 Å². The zero-order valence-electron chi connectivity index (χ0n) is 6.97. The van der Waals surface area contributed by atoms with E-state index in [2.05, 4.69) is 0 Å². The second-order valence-corrected chi connectivity index (χ2v) is 3.08. The summed E-state index contributed by atoms with van der Waals surface area (Å²) in [6, 6.07) is 6.66. The van der Waals surface area contributed by atoms with Crippen molar-refractivity contribution in [3.05, 3.63) is 39.9 Å². The molecule has 0 aromatic heterocycles. The molecule has 1 aromatic carbocycles. The molecule has 0 aliphatic carbocycles. The van der Waals surface area contributed by atoms with Crippen molar-refractivity contribution in [2.75, 3.05) is 13.2 Å². The molecule has 68 valence electrons. The van der Waals surface area contributed by atoms with Crippen LogP contribution in [0.5, 0.6) is 0 Å². The van der Waals surface area contributed by atoms with Crippen molar-refractivity contribution in [3.63, 3.8) is 0 Å². The van der Waals surface area contributed by atoms with Crippen LogP contribution >= 0.6 is 0 Å². The third-order valence-corrected chi connectivity index (χ3v) is 2.21.